The van der Waals surface area contributed by atoms with Gasteiger partial charge in [0.05, 0.1) is 0 Å². The van der Waals surface area contributed by atoms with Crippen molar-refractivity contribution < 1.29 is 0 Å². The van der Waals surface area contributed by atoms with E-state index in [1.165, 1.54) is 51.4 Å². The first kappa shape index (κ1) is 12.5. The Morgan fingerprint density at radius 1 is 0.750 bits per heavy atom. The zero-order chi connectivity index (χ0) is 11.6. The molecule has 0 unspecified atom stereocenters. The highest BCUT2D eigenvalue weighted by Crippen LogP contribution is 2.51. The second-order valence-electron chi connectivity index (χ2n) is 7.55. The van der Waals surface area contributed by atoms with E-state index in [4.69, 9.17) is 0 Å². The minimum atomic E-state index is 0.548. The number of hydrogen-bond donors (Lipinski definition) is 0. The van der Waals surface area contributed by atoms with Gasteiger partial charge in [0.1, 0.15) is 0 Å². The van der Waals surface area contributed by atoms with Crippen molar-refractivity contribution in [1.29, 1.82) is 0 Å². The monoisotopic (exact) mass is 222 g/mol. The van der Waals surface area contributed by atoms with E-state index in [0.29, 0.717) is 5.41 Å². The second-order valence-corrected chi connectivity index (χ2v) is 7.55. The summed E-state index contributed by atoms with van der Waals surface area (Å²) in [5.41, 5.74) is 1.34. The molecular weight excluding hydrogens is 192 g/mol. The van der Waals surface area contributed by atoms with Crippen LogP contribution in [-0.4, -0.2) is 0 Å². The van der Waals surface area contributed by atoms with Crippen LogP contribution in [0.1, 0.15) is 85.0 Å². The van der Waals surface area contributed by atoms with Crippen molar-refractivity contribution in [2.75, 3.05) is 0 Å². The summed E-state index contributed by atoms with van der Waals surface area (Å²) in [6, 6.07) is 0. The highest BCUT2D eigenvalue weighted by molar-refractivity contribution is 4.89. The first-order chi connectivity index (χ1) is 7.52. The van der Waals surface area contributed by atoms with Crippen LogP contribution in [0, 0.1) is 16.7 Å². The summed E-state index contributed by atoms with van der Waals surface area (Å²) in [5.74, 6) is 0.987. The van der Waals surface area contributed by atoms with Crippen molar-refractivity contribution in [1.82, 2.24) is 0 Å². The molecule has 0 saturated heterocycles. The lowest BCUT2D eigenvalue weighted by atomic mass is 9.62. The molecule has 2 saturated carbocycles. The van der Waals surface area contributed by atoms with Gasteiger partial charge in [0, 0.05) is 0 Å². The van der Waals surface area contributed by atoms with Gasteiger partial charge in [0.15, 0.2) is 0 Å². The molecule has 0 aliphatic heterocycles. The summed E-state index contributed by atoms with van der Waals surface area (Å²) >= 11 is 0. The molecule has 0 aromatic rings. The van der Waals surface area contributed by atoms with Crippen LogP contribution in [0.25, 0.3) is 0 Å². The van der Waals surface area contributed by atoms with Crippen LogP contribution in [0.3, 0.4) is 0 Å². The average molecular weight is 222 g/mol. The van der Waals surface area contributed by atoms with Crippen molar-refractivity contribution in [3.05, 3.63) is 0 Å². The Morgan fingerprint density at radius 2 is 1.25 bits per heavy atom. The third-order valence-electron chi connectivity index (χ3n) is 5.44. The van der Waals surface area contributed by atoms with E-state index in [1.807, 2.05) is 0 Å². The van der Waals surface area contributed by atoms with E-state index in [2.05, 4.69) is 20.8 Å². The molecule has 2 aliphatic carbocycles. The Balaban J connectivity index is 1.92. The lowest BCUT2D eigenvalue weighted by molar-refractivity contribution is 0.0753. The molecule has 1 spiro atoms. The van der Waals surface area contributed by atoms with Crippen LogP contribution >= 0.6 is 0 Å². The summed E-state index contributed by atoms with van der Waals surface area (Å²) in [6.45, 7) is 7.30. The quantitative estimate of drug-likeness (QED) is 0.503. The largest absolute Gasteiger partial charge is 0.0599 e. The van der Waals surface area contributed by atoms with Gasteiger partial charge in [-0.05, 0) is 55.3 Å². The van der Waals surface area contributed by atoms with Crippen LogP contribution in [0.5, 0.6) is 0 Å². The van der Waals surface area contributed by atoms with Gasteiger partial charge in [-0.25, -0.2) is 0 Å². The lowest BCUT2D eigenvalue weighted by Crippen LogP contribution is -2.32. The average Bonchev–Trinajstić information content (AvgIpc) is 2.43. The van der Waals surface area contributed by atoms with Crippen molar-refractivity contribution >= 4 is 0 Å². The number of hydrogen-bond acceptors (Lipinski definition) is 0. The molecule has 0 aromatic carbocycles. The lowest BCUT2D eigenvalue weighted by Gasteiger charge is -2.44. The van der Waals surface area contributed by atoms with E-state index < -0.39 is 0 Å². The molecule has 2 fully saturated rings. The van der Waals surface area contributed by atoms with Crippen molar-refractivity contribution in [3.8, 4) is 0 Å². The predicted octanol–water partition coefficient (Wildman–Crippen LogP) is 5.56. The predicted molar refractivity (Wildman–Crippen MR) is 71.5 cm³/mol. The molecule has 2 aliphatic rings. The molecule has 0 nitrogen and oxygen atoms in total. The van der Waals surface area contributed by atoms with E-state index in [0.717, 1.165) is 11.3 Å². The fourth-order valence-electron chi connectivity index (χ4n) is 4.07. The Labute approximate surface area is 102 Å². The van der Waals surface area contributed by atoms with Gasteiger partial charge in [-0.3, -0.25) is 0 Å². The maximum Gasteiger partial charge on any atom is -0.0297 e. The zero-order valence-corrected chi connectivity index (χ0v) is 11.6. The van der Waals surface area contributed by atoms with Gasteiger partial charge in [0.2, 0.25) is 0 Å². The Hall–Kier alpha value is 0. The van der Waals surface area contributed by atoms with E-state index in [-0.39, 0.29) is 0 Å². The SMILES string of the molecule is CC(C)(C)C1CCC2(CCCCCC2)CC1. The minimum Gasteiger partial charge on any atom is -0.0599 e. The third kappa shape index (κ3) is 2.81. The fraction of sp³-hybridized carbons (Fsp3) is 1.00. The molecule has 0 N–H and O–H groups in total. The summed E-state index contributed by atoms with van der Waals surface area (Å²) < 4.78 is 0. The first-order valence-corrected chi connectivity index (χ1v) is 7.52. The molecule has 16 heavy (non-hydrogen) atoms. The molecular formula is C16H30. The summed E-state index contributed by atoms with van der Waals surface area (Å²) in [4.78, 5) is 0. The van der Waals surface area contributed by atoms with Gasteiger partial charge in [0.25, 0.3) is 0 Å². The van der Waals surface area contributed by atoms with E-state index in [1.54, 1.807) is 12.8 Å². The highest BCUT2D eigenvalue weighted by Gasteiger charge is 2.38. The van der Waals surface area contributed by atoms with Crippen molar-refractivity contribution in [3.63, 3.8) is 0 Å². The van der Waals surface area contributed by atoms with Gasteiger partial charge < -0.3 is 0 Å². The fourth-order valence-corrected chi connectivity index (χ4v) is 4.07. The van der Waals surface area contributed by atoms with E-state index >= 15 is 0 Å². The second kappa shape index (κ2) is 4.70. The smallest absolute Gasteiger partial charge is 0.0297 e. The van der Waals surface area contributed by atoms with Crippen molar-refractivity contribution in [2.45, 2.75) is 85.0 Å². The molecule has 94 valence electrons. The van der Waals surface area contributed by atoms with Gasteiger partial charge in [-0.15, -0.1) is 0 Å². The molecule has 0 aromatic heterocycles. The normalized spacial score (nSPS) is 27.9. The standard InChI is InChI=1S/C16H30/c1-15(2,3)14-8-12-16(13-9-14)10-6-4-5-7-11-16/h14H,4-13H2,1-3H3. The maximum atomic E-state index is 2.43. The van der Waals surface area contributed by atoms with Gasteiger partial charge in [-0.1, -0.05) is 46.5 Å². The topological polar surface area (TPSA) is 0 Å². The Bertz CT molecular complexity index is 203. The molecule has 0 amide bonds. The third-order valence-corrected chi connectivity index (χ3v) is 5.44. The molecule has 0 bridgehead atoms. The van der Waals surface area contributed by atoms with Crippen LogP contribution in [-0.2, 0) is 0 Å². The zero-order valence-electron chi connectivity index (χ0n) is 11.6. The van der Waals surface area contributed by atoms with Gasteiger partial charge in [-0.2, -0.15) is 0 Å². The minimum absolute atomic E-state index is 0.548. The molecule has 0 atom stereocenters. The maximum absolute atomic E-state index is 2.43. The van der Waals surface area contributed by atoms with Crippen LogP contribution in [0.4, 0.5) is 0 Å². The summed E-state index contributed by atoms with van der Waals surface area (Å²) in [6.07, 6.45) is 15.2. The van der Waals surface area contributed by atoms with Gasteiger partial charge >= 0.3 is 0 Å². The van der Waals surface area contributed by atoms with Crippen LogP contribution < -0.4 is 0 Å². The molecule has 0 radical (unpaired) electrons. The van der Waals surface area contributed by atoms with E-state index in [9.17, 15) is 0 Å². The van der Waals surface area contributed by atoms with Crippen LogP contribution in [0.15, 0.2) is 0 Å². The van der Waals surface area contributed by atoms with Crippen molar-refractivity contribution in [2.24, 2.45) is 16.7 Å². The van der Waals surface area contributed by atoms with Crippen LogP contribution in [0.2, 0.25) is 0 Å². The Kier molecular flexibility index (Phi) is 3.66. The summed E-state index contributed by atoms with van der Waals surface area (Å²) in [7, 11) is 0. The number of rotatable bonds is 0. The molecule has 2 rings (SSSR count). The Morgan fingerprint density at radius 3 is 1.69 bits per heavy atom. The first-order valence-electron chi connectivity index (χ1n) is 7.52. The molecule has 0 heteroatoms. The highest BCUT2D eigenvalue weighted by atomic mass is 14.4. The summed E-state index contributed by atoms with van der Waals surface area (Å²) in [5, 5.41) is 0. The molecule has 0 heterocycles.